The van der Waals surface area contributed by atoms with Crippen molar-refractivity contribution >= 4 is 11.9 Å². The number of amides is 3. The standard InChI is InChI=1S/C19H15N3O3/c20-11-13-5-1-2-6-14(13)12-22-17(23)19(21-18(22)24)9-10-25-16-8-4-3-7-15(16)19/h1-8H,9-10,12H2,(H,21,24). The normalized spacial score (nSPS) is 21.5. The quantitative estimate of drug-likeness (QED) is 0.855. The molecule has 2 aromatic carbocycles. The number of rotatable bonds is 2. The fraction of sp³-hybridized carbons (Fsp3) is 0.211. The first-order valence-corrected chi connectivity index (χ1v) is 8.00. The molecular formula is C19H15N3O3. The summed E-state index contributed by atoms with van der Waals surface area (Å²) in [7, 11) is 0. The highest BCUT2D eigenvalue weighted by atomic mass is 16.5. The van der Waals surface area contributed by atoms with Crippen molar-refractivity contribution in [3.05, 3.63) is 65.2 Å². The third-order valence-corrected chi connectivity index (χ3v) is 4.72. The van der Waals surface area contributed by atoms with Crippen molar-refractivity contribution in [3.8, 4) is 11.8 Å². The van der Waals surface area contributed by atoms with Crippen molar-refractivity contribution in [2.45, 2.75) is 18.5 Å². The number of para-hydroxylation sites is 1. The molecule has 0 radical (unpaired) electrons. The predicted octanol–water partition coefficient (Wildman–Crippen LogP) is 2.29. The van der Waals surface area contributed by atoms with Gasteiger partial charge in [0.15, 0.2) is 5.54 Å². The van der Waals surface area contributed by atoms with E-state index in [2.05, 4.69) is 11.4 Å². The van der Waals surface area contributed by atoms with Gasteiger partial charge in [-0.25, -0.2) is 4.79 Å². The maximum Gasteiger partial charge on any atom is 0.325 e. The molecule has 0 aromatic heterocycles. The fourth-order valence-corrected chi connectivity index (χ4v) is 3.45. The van der Waals surface area contributed by atoms with Crippen LogP contribution in [0.5, 0.6) is 5.75 Å². The van der Waals surface area contributed by atoms with Crippen molar-refractivity contribution < 1.29 is 14.3 Å². The first-order chi connectivity index (χ1) is 12.2. The van der Waals surface area contributed by atoms with Crippen LogP contribution in [0.3, 0.4) is 0 Å². The van der Waals surface area contributed by atoms with Gasteiger partial charge in [0, 0.05) is 12.0 Å². The zero-order chi connectivity index (χ0) is 17.4. The van der Waals surface area contributed by atoms with Crippen LogP contribution in [0.25, 0.3) is 0 Å². The molecule has 4 rings (SSSR count). The third kappa shape index (κ3) is 2.24. The maximum atomic E-state index is 13.2. The largest absolute Gasteiger partial charge is 0.493 e. The summed E-state index contributed by atoms with van der Waals surface area (Å²) >= 11 is 0. The van der Waals surface area contributed by atoms with Crippen molar-refractivity contribution in [3.63, 3.8) is 0 Å². The number of ether oxygens (including phenoxy) is 1. The van der Waals surface area contributed by atoms with Crippen molar-refractivity contribution in [2.75, 3.05) is 6.61 Å². The molecule has 2 aliphatic rings. The Labute approximate surface area is 144 Å². The first-order valence-electron chi connectivity index (χ1n) is 8.00. The lowest BCUT2D eigenvalue weighted by molar-refractivity contribution is -0.133. The van der Waals surface area contributed by atoms with Crippen molar-refractivity contribution in [1.82, 2.24) is 10.2 Å². The van der Waals surface area contributed by atoms with Crippen LogP contribution in [0.1, 0.15) is 23.1 Å². The number of carbonyl (C=O) groups excluding carboxylic acids is 2. The average molecular weight is 333 g/mol. The molecule has 2 aliphatic heterocycles. The summed E-state index contributed by atoms with van der Waals surface area (Å²) in [5.41, 5.74) is 0.686. The SMILES string of the molecule is N#Cc1ccccc1CN1C(=O)NC2(CCOc3ccccc32)C1=O. The molecule has 2 heterocycles. The molecule has 1 fully saturated rings. The summed E-state index contributed by atoms with van der Waals surface area (Å²) in [4.78, 5) is 26.9. The highest BCUT2D eigenvalue weighted by molar-refractivity contribution is 6.07. The smallest absolute Gasteiger partial charge is 0.325 e. The highest BCUT2D eigenvalue weighted by Crippen LogP contribution is 2.41. The van der Waals surface area contributed by atoms with E-state index in [0.29, 0.717) is 35.5 Å². The van der Waals surface area contributed by atoms with Crippen LogP contribution in [0.4, 0.5) is 4.79 Å². The minimum absolute atomic E-state index is 0.0686. The molecule has 1 N–H and O–H groups in total. The van der Waals surface area contributed by atoms with Gasteiger partial charge in [-0.05, 0) is 17.7 Å². The number of hydrogen-bond donors (Lipinski definition) is 1. The minimum Gasteiger partial charge on any atom is -0.493 e. The molecule has 124 valence electrons. The van der Waals surface area contributed by atoms with Crippen LogP contribution < -0.4 is 10.1 Å². The maximum absolute atomic E-state index is 13.2. The molecule has 1 atom stereocenters. The molecule has 6 heteroatoms. The van der Waals surface area contributed by atoms with E-state index in [1.54, 1.807) is 36.4 Å². The zero-order valence-electron chi connectivity index (χ0n) is 13.4. The number of nitriles is 1. The molecule has 6 nitrogen and oxygen atoms in total. The molecular weight excluding hydrogens is 318 g/mol. The van der Waals surface area contributed by atoms with Crippen LogP contribution in [0.2, 0.25) is 0 Å². The zero-order valence-corrected chi connectivity index (χ0v) is 13.4. The summed E-state index contributed by atoms with van der Waals surface area (Å²) in [6, 6.07) is 15.9. The summed E-state index contributed by atoms with van der Waals surface area (Å²) in [6.07, 6.45) is 0.380. The number of imide groups is 1. The van der Waals surface area contributed by atoms with Crippen molar-refractivity contribution in [1.29, 1.82) is 5.26 Å². The Morgan fingerprint density at radius 2 is 1.92 bits per heavy atom. The molecule has 1 unspecified atom stereocenters. The van der Waals surface area contributed by atoms with Gasteiger partial charge >= 0.3 is 6.03 Å². The number of benzene rings is 2. The average Bonchev–Trinajstić information content (AvgIpc) is 2.87. The molecule has 3 amide bonds. The van der Waals surface area contributed by atoms with Gasteiger partial charge in [-0.2, -0.15) is 5.26 Å². The second kappa shape index (κ2) is 5.64. The van der Waals surface area contributed by atoms with Gasteiger partial charge in [0.25, 0.3) is 5.91 Å². The Hall–Kier alpha value is -3.33. The van der Waals surface area contributed by atoms with E-state index in [-0.39, 0.29) is 12.5 Å². The third-order valence-electron chi connectivity index (χ3n) is 4.72. The Bertz CT molecular complexity index is 918. The fourth-order valence-electron chi connectivity index (χ4n) is 3.45. The van der Waals surface area contributed by atoms with Gasteiger partial charge in [-0.15, -0.1) is 0 Å². The number of hydrogen-bond acceptors (Lipinski definition) is 4. The van der Waals surface area contributed by atoms with E-state index < -0.39 is 11.6 Å². The lowest BCUT2D eigenvalue weighted by atomic mass is 9.84. The summed E-state index contributed by atoms with van der Waals surface area (Å²) in [6.45, 7) is 0.421. The van der Waals surface area contributed by atoms with E-state index in [1.165, 1.54) is 4.90 Å². The molecule has 0 saturated carbocycles. The molecule has 2 aromatic rings. The molecule has 1 spiro atoms. The van der Waals surface area contributed by atoms with Crippen LogP contribution in [0.15, 0.2) is 48.5 Å². The van der Waals surface area contributed by atoms with E-state index in [0.717, 1.165) is 0 Å². The van der Waals surface area contributed by atoms with Gasteiger partial charge in [-0.1, -0.05) is 36.4 Å². The van der Waals surface area contributed by atoms with E-state index in [9.17, 15) is 14.9 Å². The van der Waals surface area contributed by atoms with Crippen LogP contribution in [-0.4, -0.2) is 23.4 Å². The van der Waals surface area contributed by atoms with Gasteiger partial charge in [0.05, 0.1) is 24.8 Å². The highest BCUT2D eigenvalue weighted by Gasteiger charge is 2.54. The Balaban J connectivity index is 1.72. The lowest BCUT2D eigenvalue weighted by Gasteiger charge is -2.33. The summed E-state index contributed by atoms with van der Waals surface area (Å²) in [5.74, 6) is 0.308. The molecule has 0 aliphatic carbocycles. The van der Waals surface area contributed by atoms with Gasteiger partial charge in [0.2, 0.25) is 0 Å². The molecule has 0 bridgehead atoms. The summed E-state index contributed by atoms with van der Waals surface area (Å²) in [5, 5.41) is 12.1. The predicted molar refractivity (Wildman–Crippen MR) is 88.5 cm³/mol. The number of nitrogens with one attached hydrogen (secondary N) is 1. The van der Waals surface area contributed by atoms with Crippen molar-refractivity contribution in [2.24, 2.45) is 0 Å². The van der Waals surface area contributed by atoms with Gasteiger partial charge < -0.3 is 10.1 Å². The van der Waals surface area contributed by atoms with Gasteiger partial charge in [0.1, 0.15) is 5.75 Å². The number of urea groups is 1. The summed E-state index contributed by atoms with van der Waals surface area (Å²) < 4.78 is 5.62. The van der Waals surface area contributed by atoms with E-state index in [4.69, 9.17) is 4.74 Å². The Kier molecular flexibility index (Phi) is 3.43. The lowest BCUT2D eigenvalue weighted by Crippen LogP contribution is -2.47. The van der Waals surface area contributed by atoms with E-state index in [1.807, 2.05) is 12.1 Å². The number of fused-ring (bicyclic) bond motifs is 2. The Morgan fingerprint density at radius 3 is 2.76 bits per heavy atom. The van der Waals surface area contributed by atoms with Gasteiger partial charge in [-0.3, -0.25) is 9.69 Å². The number of nitrogens with zero attached hydrogens (tertiary/aromatic N) is 2. The minimum atomic E-state index is -1.09. The monoisotopic (exact) mass is 333 g/mol. The molecule has 25 heavy (non-hydrogen) atoms. The topological polar surface area (TPSA) is 82.4 Å². The van der Waals surface area contributed by atoms with Crippen LogP contribution >= 0.6 is 0 Å². The van der Waals surface area contributed by atoms with E-state index >= 15 is 0 Å². The second-order valence-corrected chi connectivity index (χ2v) is 6.09. The van der Waals surface area contributed by atoms with Crippen LogP contribution in [-0.2, 0) is 16.9 Å². The Morgan fingerprint density at radius 1 is 1.16 bits per heavy atom. The number of carbonyl (C=O) groups is 2. The second-order valence-electron chi connectivity index (χ2n) is 6.09. The van der Waals surface area contributed by atoms with Crippen LogP contribution in [0, 0.1) is 11.3 Å². The first kappa shape index (κ1) is 15.2. The molecule has 1 saturated heterocycles.